The first-order valence-corrected chi connectivity index (χ1v) is 7.90. The molecule has 0 aromatic heterocycles. The molecule has 25 heavy (non-hydrogen) atoms. The van der Waals surface area contributed by atoms with Crippen LogP contribution in [0.4, 0.5) is 0 Å². The Morgan fingerprint density at radius 2 is 1.80 bits per heavy atom. The van der Waals surface area contributed by atoms with E-state index in [4.69, 9.17) is 4.74 Å². The predicted molar refractivity (Wildman–Crippen MR) is 97.9 cm³/mol. The Morgan fingerprint density at radius 3 is 2.64 bits per heavy atom. The summed E-state index contributed by atoms with van der Waals surface area (Å²) in [7, 11) is 0. The smallest absolute Gasteiger partial charge is 0.280 e. The highest BCUT2D eigenvalue weighted by molar-refractivity contribution is 5.89. The Kier molecular flexibility index (Phi) is 4.95. The summed E-state index contributed by atoms with van der Waals surface area (Å²) in [6, 6.07) is 20.3. The van der Waals surface area contributed by atoms with Gasteiger partial charge in [-0.2, -0.15) is 5.10 Å². The maximum Gasteiger partial charge on any atom is 0.280 e. The van der Waals surface area contributed by atoms with Crippen LogP contribution < -0.4 is 10.2 Å². The second kappa shape index (κ2) is 7.49. The molecule has 0 saturated carbocycles. The molecular formula is C20H18N2O3. The third kappa shape index (κ3) is 3.95. The third-order valence-electron chi connectivity index (χ3n) is 3.74. The van der Waals surface area contributed by atoms with E-state index in [9.17, 15) is 9.90 Å². The molecular weight excluding hydrogens is 316 g/mol. The number of phenols is 1. The fraction of sp³-hybridized carbons (Fsp3) is 0.100. The summed E-state index contributed by atoms with van der Waals surface area (Å²) in [5, 5.41) is 15.5. The van der Waals surface area contributed by atoms with E-state index in [1.54, 1.807) is 31.2 Å². The highest BCUT2D eigenvalue weighted by Crippen LogP contribution is 2.26. The number of hydrogen-bond donors (Lipinski definition) is 2. The maximum absolute atomic E-state index is 12.1. The fourth-order valence-electron chi connectivity index (χ4n) is 2.40. The lowest BCUT2D eigenvalue weighted by molar-refractivity contribution is -0.127. The Morgan fingerprint density at radius 1 is 1.08 bits per heavy atom. The molecule has 1 amide bonds. The molecule has 0 saturated heterocycles. The molecule has 0 spiro atoms. The number of hydrogen-bond acceptors (Lipinski definition) is 4. The standard InChI is InChI=1S/C20H18N2O3/c1-14(20(24)22-21-13-16-8-3-5-11-18(16)23)25-19-12-6-9-15-7-2-4-10-17(15)19/h2-14,23H,1H3,(H,22,24). The van der Waals surface area contributed by atoms with E-state index in [-0.39, 0.29) is 11.7 Å². The zero-order valence-corrected chi connectivity index (χ0v) is 13.7. The maximum atomic E-state index is 12.1. The van der Waals surface area contributed by atoms with E-state index in [1.807, 2.05) is 42.5 Å². The molecule has 0 fully saturated rings. The van der Waals surface area contributed by atoms with Crippen molar-refractivity contribution < 1.29 is 14.6 Å². The van der Waals surface area contributed by atoms with E-state index in [0.29, 0.717) is 11.3 Å². The summed E-state index contributed by atoms with van der Waals surface area (Å²) in [4.78, 5) is 12.1. The SMILES string of the molecule is CC(Oc1cccc2ccccc12)C(=O)NN=Cc1ccccc1O. The zero-order chi connectivity index (χ0) is 17.6. The predicted octanol–water partition coefficient (Wildman–Crippen LogP) is 3.46. The minimum Gasteiger partial charge on any atom is -0.507 e. The summed E-state index contributed by atoms with van der Waals surface area (Å²) >= 11 is 0. The van der Waals surface area contributed by atoms with E-state index in [1.165, 1.54) is 6.21 Å². The van der Waals surface area contributed by atoms with Gasteiger partial charge in [0.2, 0.25) is 0 Å². The first kappa shape index (κ1) is 16.5. The number of nitrogens with zero attached hydrogens (tertiary/aromatic N) is 1. The van der Waals surface area contributed by atoms with Gasteiger partial charge in [0.25, 0.3) is 5.91 Å². The van der Waals surface area contributed by atoms with Crippen molar-refractivity contribution in [1.29, 1.82) is 0 Å². The van der Waals surface area contributed by atoms with Crippen LogP contribution in [0.3, 0.4) is 0 Å². The molecule has 5 heteroatoms. The monoisotopic (exact) mass is 334 g/mol. The van der Waals surface area contributed by atoms with Crippen molar-refractivity contribution in [2.75, 3.05) is 0 Å². The molecule has 0 aliphatic carbocycles. The number of phenolic OH excluding ortho intramolecular Hbond substituents is 1. The van der Waals surface area contributed by atoms with Crippen LogP contribution in [-0.2, 0) is 4.79 Å². The molecule has 2 N–H and O–H groups in total. The fourth-order valence-corrected chi connectivity index (χ4v) is 2.40. The first-order valence-electron chi connectivity index (χ1n) is 7.90. The highest BCUT2D eigenvalue weighted by atomic mass is 16.5. The molecule has 126 valence electrons. The van der Waals surface area contributed by atoms with Gasteiger partial charge in [0, 0.05) is 10.9 Å². The van der Waals surface area contributed by atoms with Gasteiger partial charge in [0.1, 0.15) is 11.5 Å². The van der Waals surface area contributed by atoms with Crippen molar-refractivity contribution in [2.45, 2.75) is 13.0 Å². The van der Waals surface area contributed by atoms with Gasteiger partial charge in [0.05, 0.1) is 6.21 Å². The highest BCUT2D eigenvalue weighted by Gasteiger charge is 2.15. The van der Waals surface area contributed by atoms with Crippen molar-refractivity contribution in [2.24, 2.45) is 5.10 Å². The molecule has 0 radical (unpaired) electrons. The van der Waals surface area contributed by atoms with Gasteiger partial charge < -0.3 is 9.84 Å². The molecule has 3 aromatic rings. The van der Waals surface area contributed by atoms with Crippen LogP contribution in [0.15, 0.2) is 71.8 Å². The molecule has 0 aliphatic rings. The van der Waals surface area contributed by atoms with Crippen LogP contribution in [0.25, 0.3) is 10.8 Å². The minimum absolute atomic E-state index is 0.0977. The van der Waals surface area contributed by atoms with Gasteiger partial charge in [-0.05, 0) is 30.5 Å². The lowest BCUT2D eigenvalue weighted by Gasteiger charge is -2.14. The van der Waals surface area contributed by atoms with Gasteiger partial charge in [-0.25, -0.2) is 5.43 Å². The van der Waals surface area contributed by atoms with E-state index >= 15 is 0 Å². The van der Waals surface area contributed by atoms with Gasteiger partial charge >= 0.3 is 0 Å². The van der Waals surface area contributed by atoms with Gasteiger partial charge in [-0.1, -0.05) is 48.5 Å². The number of para-hydroxylation sites is 1. The number of aromatic hydroxyl groups is 1. The van der Waals surface area contributed by atoms with Crippen LogP contribution in [0.5, 0.6) is 11.5 Å². The van der Waals surface area contributed by atoms with Crippen molar-refractivity contribution in [3.05, 3.63) is 72.3 Å². The molecule has 1 atom stereocenters. The lowest BCUT2D eigenvalue weighted by Crippen LogP contribution is -2.33. The second-order valence-corrected chi connectivity index (χ2v) is 5.53. The summed E-state index contributed by atoms with van der Waals surface area (Å²) in [6.07, 6.45) is 0.671. The topological polar surface area (TPSA) is 70.9 Å². The van der Waals surface area contributed by atoms with E-state index in [0.717, 1.165) is 10.8 Å². The average molecular weight is 334 g/mol. The average Bonchev–Trinajstić information content (AvgIpc) is 2.63. The zero-order valence-electron chi connectivity index (χ0n) is 13.7. The normalized spacial score (nSPS) is 12.2. The molecule has 0 aliphatic heterocycles. The number of ether oxygens (including phenoxy) is 1. The van der Waals surface area contributed by atoms with Crippen molar-refractivity contribution in [1.82, 2.24) is 5.43 Å². The molecule has 3 aromatic carbocycles. The van der Waals surface area contributed by atoms with Gasteiger partial charge in [-0.15, -0.1) is 0 Å². The number of fused-ring (bicyclic) bond motifs is 1. The Labute approximate surface area is 145 Å². The lowest BCUT2D eigenvalue weighted by atomic mass is 10.1. The summed E-state index contributed by atoms with van der Waals surface area (Å²) in [6.45, 7) is 1.66. The summed E-state index contributed by atoms with van der Waals surface area (Å²) < 4.78 is 5.78. The van der Waals surface area contributed by atoms with Gasteiger partial charge in [-0.3, -0.25) is 4.79 Å². The van der Waals surface area contributed by atoms with E-state index < -0.39 is 6.10 Å². The van der Waals surface area contributed by atoms with Crippen LogP contribution in [0.1, 0.15) is 12.5 Å². The van der Waals surface area contributed by atoms with E-state index in [2.05, 4.69) is 10.5 Å². The number of rotatable bonds is 5. The number of hydrazone groups is 1. The quantitative estimate of drug-likeness (QED) is 0.554. The van der Waals surface area contributed by atoms with Crippen molar-refractivity contribution in [3.63, 3.8) is 0 Å². The second-order valence-electron chi connectivity index (χ2n) is 5.53. The number of benzene rings is 3. The first-order chi connectivity index (χ1) is 12.1. The number of carbonyl (C=O) groups excluding carboxylic acids is 1. The Balaban J connectivity index is 1.65. The third-order valence-corrected chi connectivity index (χ3v) is 3.74. The number of carbonyl (C=O) groups is 1. The Bertz CT molecular complexity index is 916. The molecule has 3 rings (SSSR count). The van der Waals surface area contributed by atoms with Crippen LogP contribution in [0.2, 0.25) is 0 Å². The number of amides is 1. The van der Waals surface area contributed by atoms with Crippen molar-refractivity contribution >= 4 is 22.9 Å². The molecule has 1 unspecified atom stereocenters. The summed E-state index contributed by atoms with van der Waals surface area (Å²) in [5.41, 5.74) is 2.94. The Hall–Kier alpha value is -3.34. The summed E-state index contributed by atoms with van der Waals surface area (Å²) in [5.74, 6) is 0.366. The largest absolute Gasteiger partial charge is 0.507 e. The van der Waals surface area contributed by atoms with Crippen LogP contribution in [-0.4, -0.2) is 23.3 Å². The van der Waals surface area contributed by atoms with Crippen molar-refractivity contribution in [3.8, 4) is 11.5 Å². The number of nitrogens with one attached hydrogen (secondary N) is 1. The molecule has 5 nitrogen and oxygen atoms in total. The van der Waals surface area contributed by atoms with Crippen LogP contribution in [0, 0.1) is 0 Å². The molecule has 0 heterocycles. The van der Waals surface area contributed by atoms with Crippen LogP contribution >= 0.6 is 0 Å². The van der Waals surface area contributed by atoms with Gasteiger partial charge in [0.15, 0.2) is 6.10 Å². The molecule has 0 bridgehead atoms. The minimum atomic E-state index is -0.715.